The van der Waals surface area contributed by atoms with Crippen LogP contribution in [0.4, 0.5) is 0 Å². The highest BCUT2D eigenvalue weighted by Crippen LogP contribution is 2.23. The van der Waals surface area contributed by atoms with Gasteiger partial charge in [0.1, 0.15) is 17.1 Å². The Kier molecular flexibility index (Phi) is 6.30. The first kappa shape index (κ1) is 18.5. The van der Waals surface area contributed by atoms with Gasteiger partial charge in [-0.25, -0.2) is 9.97 Å². The second kappa shape index (κ2) is 8.87. The maximum Gasteiger partial charge on any atom is 0.173 e. The summed E-state index contributed by atoms with van der Waals surface area (Å²) in [6, 6.07) is 0. The number of hydrogen-bond acceptors (Lipinski definition) is 5. The molecule has 1 fully saturated rings. The van der Waals surface area contributed by atoms with Crippen LogP contribution < -0.4 is 5.49 Å². The molecule has 1 aliphatic rings. The predicted molar refractivity (Wildman–Crippen MR) is 97.4 cm³/mol. The summed E-state index contributed by atoms with van der Waals surface area (Å²) < 4.78 is 1.97. The molecule has 2 aromatic rings. The Labute approximate surface area is 152 Å². The molecule has 0 aromatic carbocycles. The maximum atomic E-state index is 12.2. The van der Waals surface area contributed by atoms with Gasteiger partial charge >= 0.3 is 0 Å². The van der Waals surface area contributed by atoms with Gasteiger partial charge in [-0.05, 0) is 25.7 Å². The minimum absolute atomic E-state index is 0.160. The van der Waals surface area contributed by atoms with Crippen molar-refractivity contribution in [3.63, 3.8) is 0 Å². The van der Waals surface area contributed by atoms with Crippen molar-refractivity contribution in [2.75, 3.05) is 0 Å². The van der Waals surface area contributed by atoms with E-state index in [0.717, 1.165) is 63.6 Å². The number of aromatic amines is 1. The van der Waals surface area contributed by atoms with Crippen LogP contribution in [0.2, 0.25) is 0 Å². The van der Waals surface area contributed by atoms with Gasteiger partial charge in [0.25, 0.3) is 0 Å². The molecule has 0 spiro atoms. The number of hydrogen-bond donors (Lipinski definition) is 2. The molecule has 3 rings (SSSR count). The Hall–Kier alpha value is -2.31. The number of rotatable bonds is 9. The molecule has 7 nitrogen and oxygen atoms in total. The topological polar surface area (TPSA) is 104 Å². The number of carbonyl (C=O) groups excluding carboxylic acids is 2. The highest BCUT2D eigenvalue weighted by Gasteiger charge is 2.27. The molecule has 7 heteroatoms. The van der Waals surface area contributed by atoms with Crippen LogP contribution in [-0.4, -0.2) is 31.1 Å². The van der Waals surface area contributed by atoms with Crippen molar-refractivity contribution in [1.29, 1.82) is 5.41 Å². The minimum Gasteiger partial charge on any atom is -0.340 e. The number of ketones is 2. The Morgan fingerprint density at radius 2 is 2.00 bits per heavy atom. The summed E-state index contributed by atoms with van der Waals surface area (Å²) in [5.41, 5.74) is 1.66. The molecule has 26 heavy (non-hydrogen) atoms. The summed E-state index contributed by atoms with van der Waals surface area (Å²) >= 11 is 0. The quantitative estimate of drug-likeness (QED) is 0.532. The third kappa shape index (κ3) is 4.45. The van der Waals surface area contributed by atoms with E-state index in [-0.39, 0.29) is 23.0 Å². The minimum atomic E-state index is -0.302. The van der Waals surface area contributed by atoms with Crippen LogP contribution in [0.15, 0.2) is 12.7 Å². The Balaban J connectivity index is 1.33. The molecule has 2 heterocycles. The fourth-order valence-electron chi connectivity index (χ4n) is 3.70. The fourth-order valence-corrected chi connectivity index (χ4v) is 3.70. The molecule has 0 bridgehead atoms. The number of carbonyl (C=O) groups is 2. The van der Waals surface area contributed by atoms with Crippen LogP contribution in [-0.2, 0) is 16.1 Å². The van der Waals surface area contributed by atoms with Gasteiger partial charge < -0.3 is 9.55 Å². The van der Waals surface area contributed by atoms with Gasteiger partial charge in [0, 0.05) is 19.4 Å². The number of imidazole rings is 1. The number of H-pyrrole nitrogens is 1. The number of nitrogens with one attached hydrogen (secondary N) is 2. The van der Waals surface area contributed by atoms with Crippen LogP contribution in [0.1, 0.15) is 64.2 Å². The van der Waals surface area contributed by atoms with Gasteiger partial charge in [-0.15, -0.1) is 0 Å². The van der Waals surface area contributed by atoms with Crippen LogP contribution in [0.3, 0.4) is 0 Å². The normalized spacial score (nSPS) is 17.7. The van der Waals surface area contributed by atoms with E-state index < -0.39 is 0 Å². The van der Waals surface area contributed by atoms with E-state index in [4.69, 9.17) is 5.41 Å². The first-order valence-electron chi connectivity index (χ1n) is 9.65. The highest BCUT2D eigenvalue weighted by molar-refractivity contribution is 6.02. The lowest BCUT2D eigenvalue weighted by Crippen LogP contribution is -2.27. The summed E-state index contributed by atoms with van der Waals surface area (Å²) in [4.78, 5) is 35.2. The summed E-state index contributed by atoms with van der Waals surface area (Å²) in [7, 11) is 0. The zero-order valence-electron chi connectivity index (χ0n) is 15.2. The monoisotopic (exact) mass is 357 g/mol. The summed E-state index contributed by atoms with van der Waals surface area (Å²) in [5.74, 6) is 0.0203. The van der Waals surface area contributed by atoms with Crippen LogP contribution in [0.25, 0.3) is 11.2 Å². The zero-order valence-corrected chi connectivity index (χ0v) is 15.2. The first-order chi connectivity index (χ1) is 12.7. The second-order valence-electron chi connectivity index (χ2n) is 7.14. The standard InChI is InChI=1S/C19H27N5O2/c20-18-17-19(22-12-21-17)24(13-23-18)11-7-3-1-2-4-9-15(25)14-8-5-6-10-16(14)26/h12-14,20H,1-11H2,(H,21,22). The van der Waals surface area contributed by atoms with Crippen molar-refractivity contribution in [3.05, 3.63) is 18.1 Å². The van der Waals surface area contributed by atoms with Crippen LogP contribution >= 0.6 is 0 Å². The number of aromatic nitrogens is 4. The van der Waals surface area contributed by atoms with Crippen molar-refractivity contribution >= 4 is 22.7 Å². The fraction of sp³-hybridized carbons (Fsp3) is 0.632. The third-order valence-electron chi connectivity index (χ3n) is 5.22. The highest BCUT2D eigenvalue weighted by atomic mass is 16.1. The molecule has 0 radical (unpaired) electrons. The van der Waals surface area contributed by atoms with Gasteiger partial charge in [0.2, 0.25) is 0 Å². The molecule has 1 saturated carbocycles. The van der Waals surface area contributed by atoms with Crippen molar-refractivity contribution in [2.45, 2.75) is 70.8 Å². The SMILES string of the molecule is N=c1ncn(CCCCCCCC(=O)C2CCCCC2=O)c2nc[nH]c12. The average Bonchev–Trinajstić information content (AvgIpc) is 3.13. The molecule has 0 saturated heterocycles. The van der Waals surface area contributed by atoms with E-state index in [1.165, 1.54) is 0 Å². The Bertz CT molecular complexity index is 823. The number of unbranched alkanes of at least 4 members (excludes halogenated alkanes) is 4. The van der Waals surface area contributed by atoms with Crippen LogP contribution in [0, 0.1) is 11.3 Å². The average molecular weight is 357 g/mol. The predicted octanol–water partition coefficient (Wildman–Crippen LogP) is 2.91. The maximum absolute atomic E-state index is 12.2. The van der Waals surface area contributed by atoms with E-state index in [9.17, 15) is 9.59 Å². The van der Waals surface area contributed by atoms with Crippen molar-refractivity contribution < 1.29 is 9.59 Å². The van der Waals surface area contributed by atoms with E-state index in [1.54, 1.807) is 12.7 Å². The Morgan fingerprint density at radius 3 is 2.85 bits per heavy atom. The van der Waals surface area contributed by atoms with E-state index in [2.05, 4.69) is 15.0 Å². The smallest absolute Gasteiger partial charge is 0.173 e. The summed E-state index contributed by atoms with van der Waals surface area (Å²) in [5, 5.41) is 7.74. The lowest BCUT2D eigenvalue weighted by Gasteiger charge is -2.19. The summed E-state index contributed by atoms with van der Waals surface area (Å²) in [6.07, 6.45) is 12.2. The van der Waals surface area contributed by atoms with Gasteiger partial charge in [-0.2, -0.15) is 0 Å². The van der Waals surface area contributed by atoms with Gasteiger partial charge in [-0.1, -0.05) is 25.7 Å². The molecule has 2 N–H and O–H groups in total. The summed E-state index contributed by atoms with van der Waals surface area (Å²) in [6.45, 7) is 0.824. The van der Waals surface area contributed by atoms with E-state index in [0.29, 0.717) is 18.4 Å². The van der Waals surface area contributed by atoms with Crippen molar-refractivity contribution in [1.82, 2.24) is 19.5 Å². The molecule has 1 atom stereocenters. The van der Waals surface area contributed by atoms with Crippen molar-refractivity contribution in [3.8, 4) is 0 Å². The molecule has 2 aromatic heterocycles. The van der Waals surface area contributed by atoms with Crippen molar-refractivity contribution in [2.24, 2.45) is 5.92 Å². The molecule has 1 aliphatic carbocycles. The zero-order chi connectivity index (χ0) is 18.4. The van der Waals surface area contributed by atoms with Gasteiger partial charge in [0.05, 0.1) is 18.6 Å². The molecular formula is C19H27N5O2. The van der Waals surface area contributed by atoms with Gasteiger partial charge in [0.15, 0.2) is 11.1 Å². The number of aryl methyl sites for hydroxylation is 1. The number of Topliss-reactive ketones (excluding diaryl/α,β-unsaturated/α-hetero) is 2. The van der Waals surface area contributed by atoms with E-state index in [1.807, 2.05) is 4.57 Å². The van der Waals surface area contributed by atoms with Gasteiger partial charge in [-0.3, -0.25) is 15.0 Å². The lowest BCUT2D eigenvalue weighted by molar-refractivity contribution is -0.134. The molecule has 1 unspecified atom stereocenters. The number of nitrogens with zero attached hydrogens (tertiary/aromatic N) is 3. The lowest BCUT2D eigenvalue weighted by atomic mass is 9.83. The third-order valence-corrected chi connectivity index (χ3v) is 5.22. The molecule has 140 valence electrons. The first-order valence-corrected chi connectivity index (χ1v) is 9.65. The molecular weight excluding hydrogens is 330 g/mol. The molecule has 0 aliphatic heterocycles. The number of fused-ring (bicyclic) bond motifs is 1. The second-order valence-corrected chi connectivity index (χ2v) is 7.14. The van der Waals surface area contributed by atoms with E-state index >= 15 is 0 Å². The molecule has 0 amide bonds. The van der Waals surface area contributed by atoms with Crippen LogP contribution in [0.5, 0.6) is 0 Å². The largest absolute Gasteiger partial charge is 0.340 e. The Morgan fingerprint density at radius 1 is 1.19 bits per heavy atom.